The Bertz CT molecular complexity index is 397. The van der Waals surface area contributed by atoms with Crippen LogP contribution in [0.4, 0.5) is 8.78 Å². The fraction of sp³-hybridized carbons (Fsp3) is 0.833. The van der Waals surface area contributed by atoms with Gasteiger partial charge >= 0.3 is 0 Å². The summed E-state index contributed by atoms with van der Waals surface area (Å²) in [7, 11) is 0. The van der Waals surface area contributed by atoms with E-state index in [2.05, 4.69) is 27.0 Å². The first-order chi connectivity index (χ1) is 9.22. The molecule has 1 aliphatic rings. The van der Waals surface area contributed by atoms with E-state index in [4.69, 9.17) is 4.74 Å². The Morgan fingerprint density at radius 2 is 2.32 bits per heavy atom. The summed E-state index contributed by atoms with van der Waals surface area (Å²) < 4.78 is 30.9. The van der Waals surface area contributed by atoms with E-state index in [1.54, 1.807) is 0 Å². The highest BCUT2D eigenvalue weighted by atomic mass is 19.3. The third-order valence-electron chi connectivity index (χ3n) is 3.19. The zero-order valence-corrected chi connectivity index (χ0v) is 11.1. The molecule has 1 aliphatic heterocycles. The lowest BCUT2D eigenvalue weighted by Crippen LogP contribution is -2.34. The maximum absolute atomic E-state index is 11.9. The molecule has 19 heavy (non-hydrogen) atoms. The van der Waals surface area contributed by atoms with E-state index < -0.39 is 13.0 Å². The fourth-order valence-corrected chi connectivity index (χ4v) is 2.33. The van der Waals surface area contributed by atoms with Crippen molar-refractivity contribution in [1.29, 1.82) is 0 Å². The number of ether oxygens (including phenoxy) is 1. The summed E-state index contributed by atoms with van der Waals surface area (Å²) in [4.78, 5) is 0. The highest BCUT2D eigenvalue weighted by Gasteiger charge is 2.23. The maximum Gasteiger partial charge on any atom is 0.261 e. The van der Waals surface area contributed by atoms with Crippen molar-refractivity contribution in [3.8, 4) is 0 Å². The van der Waals surface area contributed by atoms with Crippen LogP contribution in [0.5, 0.6) is 0 Å². The molecular formula is C12H20F2N4O. The van der Waals surface area contributed by atoms with Crippen LogP contribution in [0.2, 0.25) is 0 Å². The highest BCUT2D eigenvalue weighted by molar-refractivity contribution is 5.04. The van der Waals surface area contributed by atoms with Crippen molar-refractivity contribution in [3.63, 3.8) is 0 Å². The summed E-state index contributed by atoms with van der Waals surface area (Å²) in [5.74, 6) is 1.78. The van der Waals surface area contributed by atoms with Crippen LogP contribution in [0.1, 0.15) is 37.5 Å². The molecule has 0 fully saturated rings. The first kappa shape index (κ1) is 14.3. The quantitative estimate of drug-likeness (QED) is 0.766. The monoisotopic (exact) mass is 274 g/mol. The van der Waals surface area contributed by atoms with E-state index in [-0.39, 0.29) is 12.6 Å². The van der Waals surface area contributed by atoms with Gasteiger partial charge < -0.3 is 14.6 Å². The van der Waals surface area contributed by atoms with E-state index in [1.807, 2.05) is 0 Å². The van der Waals surface area contributed by atoms with Crippen molar-refractivity contribution in [2.75, 3.05) is 19.8 Å². The molecule has 5 nitrogen and oxygen atoms in total. The lowest BCUT2D eigenvalue weighted by atomic mass is 10.1. The minimum absolute atomic E-state index is 0.252. The molecule has 0 aliphatic carbocycles. The molecule has 0 radical (unpaired) electrons. The van der Waals surface area contributed by atoms with Crippen LogP contribution in [0, 0.1) is 0 Å². The normalized spacial score (nSPS) is 18.8. The van der Waals surface area contributed by atoms with Crippen molar-refractivity contribution in [2.24, 2.45) is 0 Å². The Labute approximate surface area is 111 Å². The third kappa shape index (κ3) is 3.70. The van der Waals surface area contributed by atoms with Crippen LogP contribution in [0.3, 0.4) is 0 Å². The summed E-state index contributed by atoms with van der Waals surface area (Å²) >= 11 is 0. The van der Waals surface area contributed by atoms with E-state index >= 15 is 0 Å². The zero-order valence-electron chi connectivity index (χ0n) is 11.1. The van der Waals surface area contributed by atoms with Crippen molar-refractivity contribution < 1.29 is 13.5 Å². The molecule has 1 atom stereocenters. The average Bonchev–Trinajstić information content (AvgIpc) is 2.79. The van der Waals surface area contributed by atoms with Crippen LogP contribution in [0.25, 0.3) is 0 Å². The first-order valence-electron chi connectivity index (χ1n) is 6.73. The second kappa shape index (κ2) is 6.91. The molecule has 0 saturated carbocycles. The SMILES string of the molecule is CCCC1NCCn2c(CCOCC(F)F)nnc21. The third-order valence-corrected chi connectivity index (χ3v) is 3.19. The standard InChI is InChI=1S/C12H20F2N4O/c1-2-3-9-12-17-16-11(18(12)6-5-15-9)4-7-19-8-10(13)14/h9-10,15H,2-8H2,1H3. The van der Waals surface area contributed by atoms with E-state index in [9.17, 15) is 8.78 Å². The second-order valence-corrected chi connectivity index (χ2v) is 4.64. The van der Waals surface area contributed by atoms with Crippen molar-refractivity contribution >= 4 is 0 Å². The van der Waals surface area contributed by atoms with Gasteiger partial charge in [-0.25, -0.2) is 8.78 Å². The van der Waals surface area contributed by atoms with Gasteiger partial charge in [-0.05, 0) is 6.42 Å². The zero-order chi connectivity index (χ0) is 13.7. The smallest absolute Gasteiger partial charge is 0.261 e. The van der Waals surface area contributed by atoms with Crippen LogP contribution in [-0.4, -0.2) is 40.9 Å². The molecule has 108 valence electrons. The number of hydrogen-bond donors (Lipinski definition) is 1. The number of nitrogens with zero attached hydrogens (tertiary/aromatic N) is 3. The first-order valence-corrected chi connectivity index (χ1v) is 6.73. The van der Waals surface area contributed by atoms with Gasteiger partial charge in [-0.3, -0.25) is 0 Å². The van der Waals surface area contributed by atoms with Crippen LogP contribution < -0.4 is 5.32 Å². The van der Waals surface area contributed by atoms with Crippen LogP contribution in [-0.2, 0) is 17.7 Å². The van der Waals surface area contributed by atoms with Gasteiger partial charge in [-0.15, -0.1) is 10.2 Å². The molecular weight excluding hydrogens is 254 g/mol. The molecule has 7 heteroatoms. The predicted octanol–water partition coefficient (Wildman–Crippen LogP) is 1.55. The van der Waals surface area contributed by atoms with E-state index in [0.29, 0.717) is 6.42 Å². The topological polar surface area (TPSA) is 52.0 Å². The summed E-state index contributed by atoms with van der Waals surface area (Å²) in [5.41, 5.74) is 0. The van der Waals surface area contributed by atoms with Gasteiger partial charge in [0.2, 0.25) is 0 Å². The molecule has 0 saturated heterocycles. The molecule has 1 unspecified atom stereocenters. The lowest BCUT2D eigenvalue weighted by molar-refractivity contribution is 0.0180. The predicted molar refractivity (Wildman–Crippen MR) is 66.2 cm³/mol. The molecule has 1 aromatic rings. The average molecular weight is 274 g/mol. The Kier molecular flexibility index (Phi) is 5.21. The molecule has 2 heterocycles. The number of aromatic nitrogens is 3. The van der Waals surface area contributed by atoms with Gasteiger partial charge in [0.25, 0.3) is 6.43 Å². The molecule has 2 rings (SSSR count). The summed E-state index contributed by atoms with van der Waals surface area (Å²) in [5, 5.41) is 11.8. The Morgan fingerprint density at radius 1 is 1.47 bits per heavy atom. The van der Waals surface area contributed by atoms with Gasteiger partial charge in [0.1, 0.15) is 18.3 Å². The summed E-state index contributed by atoms with van der Waals surface area (Å²) in [6, 6.07) is 0.252. The van der Waals surface area contributed by atoms with Crippen LogP contribution in [0.15, 0.2) is 0 Å². The minimum Gasteiger partial charge on any atom is -0.375 e. The van der Waals surface area contributed by atoms with Crippen LogP contribution >= 0.6 is 0 Å². The van der Waals surface area contributed by atoms with Crippen molar-refractivity contribution in [2.45, 2.75) is 45.2 Å². The molecule has 0 aromatic carbocycles. The van der Waals surface area contributed by atoms with Gasteiger partial charge in [-0.2, -0.15) is 0 Å². The summed E-state index contributed by atoms with van der Waals surface area (Å²) in [6.45, 7) is 3.60. The molecule has 1 N–H and O–H groups in total. The molecule has 1 aromatic heterocycles. The molecule has 0 amide bonds. The number of alkyl halides is 2. The van der Waals surface area contributed by atoms with Gasteiger partial charge in [0, 0.05) is 19.5 Å². The highest BCUT2D eigenvalue weighted by Crippen LogP contribution is 2.20. The number of hydrogen-bond acceptors (Lipinski definition) is 4. The van der Waals surface area contributed by atoms with Gasteiger partial charge in [0.05, 0.1) is 12.6 Å². The maximum atomic E-state index is 11.9. The molecule has 0 spiro atoms. The van der Waals surface area contributed by atoms with E-state index in [1.165, 1.54) is 0 Å². The Hall–Kier alpha value is -1.08. The Morgan fingerprint density at radius 3 is 3.05 bits per heavy atom. The largest absolute Gasteiger partial charge is 0.375 e. The lowest BCUT2D eigenvalue weighted by Gasteiger charge is -2.24. The van der Waals surface area contributed by atoms with Crippen molar-refractivity contribution in [1.82, 2.24) is 20.1 Å². The number of rotatable bonds is 7. The number of fused-ring (bicyclic) bond motifs is 1. The van der Waals surface area contributed by atoms with Gasteiger partial charge in [-0.1, -0.05) is 13.3 Å². The summed E-state index contributed by atoms with van der Waals surface area (Å²) in [6.07, 6.45) is 0.223. The minimum atomic E-state index is -2.41. The Balaban J connectivity index is 1.92. The fourth-order valence-electron chi connectivity index (χ4n) is 2.33. The van der Waals surface area contributed by atoms with Gasteiger partial charge in [0.15, 0.2) is 0 Å². The van der Waals surface area contributed by atoms with E-state index in [0.717, 1.165) is 37.6 Å². The van der Waals surface area contributed by atoms with Crippen molar-refractivity contribution in [3.05, 3.63) is 11.6 Å². The molecule has 0 bridgehead atoms. The number of nitrogens with one attached hydrogen (secondary N) is 1. The number of halogens is 2. The second-order valence-electron chi connectivity index (χ2n) is 4.64.